The summed E-state index contributed by atoms with van der Waals surface area (Å²) < 4.78 is 11.1. The Morgan fingerprint density at radius 3 is 2.48 bits per heavy atom. The molecule has 2 fully saturated rings. The number of ether oxygens (including phenoxy) is 2. The molecule has 0 spiro atoms. The topological polar surface area (TPSA) is 71.1 Å². The molecule has 4 rings (SSSR count). The monoisotopic (exact) mass is 395 g/mol. The molecule has 0 bridgehead atoms. The maximum absolute atomic E-state index is 12.9. The number of amides is 2. The summed E-state index contributed by atoms with van der Waals surface area (Å²) in [6.07, 6.45) is 2.45. The number of nitrogens with zero attached hydrogens (tertiary/aromatic N) is 2. The fourth-order valence-electron chi connectivity index (χ4n) is 3.97. The zero-order valence-electron chi connectivity index (χ0n) is 15.5. The SMILES string of the molecule is CNC1CCN(C(=O)C2CCN(c3ccc4c(c3)OCCO4)C2=O)CC1.Cl. The van der Waals surface area contributed by atoms with Crippen LogP contribution in [0.15, 0.2) is 18.2 Å². The summed E-state index contributed by atoms with van der Waals surface area (Å²) in [4.78, 5) is 29.2. The molecule has 148 valence electrons. The van der Waals surface area contributed by atoms with Crippen LogP contribution in [0.2, 0.25) is 0 Å². The summed E-state index contributed by atoms with van der Waals surface area (Å²) in [7, 11) is 1.95. The third kappa shape index (κ3) is 3.84. The lowest BCUT2D eigenvalue weighted by Gasteiger charge is -2.33. The van der Waals surface area contributed by atoms with E-state index in [1.165, 1.54) is 0 Å². The van der Waals surface area contributed by atoms with Gasteiger partial charge in [0, 0.05) is 37.4 Å². The van der Waals surface area contributed by atoms with Crippen LogP contribution in [0.5, 0.6) is 11.5 Å². The Morgan fingerprint density at radius 1 is 1.07 bits per heavy atom. The highest BCUT2D eigenvalue weighted by atomic mass is 35.5. The molecule has 3 aliphatic rings. The van der Waals surface area contributed by atoms with Crippen molar-refractivity contribution in [2.24, 2.45) is 5.92 Å². The van der Waals surface area contributed by atoms with Crippen LogP contribution < -0.4 is 19.7 Å². The van der Waals surface area contributed by atoms with Gasteiger partial charge in [0.15, 0.2) is 11.5 Å². The second-order valence-corrected chi connectivity index (χ2v) is 7.05. The minimum absolute atomic E-state index is 0. The van der Waals surface area contributed by atoms with Crippen LogP contribution in [-0.2, 0) is 9.59 Å². The van der Waals surface area contributed by atoms with Crippen molar-refractivity contribution in [3.63, 3.8) is 0 Å². The number of nitrogens with one attached hydrogen (secondary N) is 1. The number of rotatable bonds is 3. The van der Waals surface area contributed by atoms with Gasteiger partial charge in [-0.3, -0.25) is 9.59 Å². The first-order chi connectivity index (χ1) is 12.7. The molecule has 1 atom stereocenters. The predicted molar refractivity (Wildman–Crippen MR) is 104 cm³/mol. The van der Waals surface area contributed by atoms with E-state index >= 15 is 0 Å². The second-order valence-electron chi connectivity index (χ2n) is 7.05. The van der Waals surface area contributed by atoms with Gasteiger partial charge in [-0.2, -0.15) is 0 Å². The van der Waals surface area contributed by atoms with Gasteiger partial charge in [-0.1, -0.05) is 0 Å². The van der Waals surface area contributed by atoms with Gasteiger partial charge >= 0.3 is 0 Å². The minimum Gasteiger partial charge on any atom is -0.486 e. The fraction of sp³-hybridized carbons (Fsp3) is 0.579. The molecule has 27 heavy (non-hydrogen) atoms. The van der Waals surface area contributed by atoms with Crippen molar-refractivity contribution < 1.29 is 19.1 Å². The van der Waals surface area contributed by atoms with Crippen molar-refractivity contribution in [3.8, 4) is 11.5 Å². The molecule has 3 heterocycles. The number of carbonyl (C=O) groups excluding carboxylic acids is 2. The molecule has 1 aromatic rings. The molecule has 3 aliphatic heterocycles. The van der Waals surface area contributed by atoms with Crippen LogP contribution in [-0.4, -0.2) is 62.7 Å². The van der Waals surface area contributed by atoms with E-state index in [4.69, 9.17) is 9.47 Å². The molecule has 0 aromatic heterocycles. The third-order valence-electron chi connectivity index (χ3n) is 5.56. The van der Waals surface area contributed by atoms with E-state index < -0.39 is 5.92 Å². The van der Waals surface area contributed by atoms with Crippen molar-refractivity contribution >= 4 is 29.9 Å². The molecule has 1 N–H and O–H groups in total. The number of benzene rings is 1. The van der Waals surface area contributed by atoms with E-state index in [2.05, 4.69) is 5.32 Å². The standard InChI is InChI=1S/C19H25N3O4.ClH/c1-20-13-4-7-21(8-5-13)18(23)15-6-9-22(19(15)24)14-2-3-16-17(12-14)26-11-10-25-16;/h2-3,12-13,15,20H,4-11H2,1H3;1H. The molecule has 0 saturated carbocycles. The molecule has 2 amide bonds. The number of halogens is 1. The number of anilines is 1. The predicted octanol–water partition coefficient (Wildman–Crippen LogP) is 1.44. The van der Waals surface area contributed by atoms with E-state index in [1.54, 1.807) is 4.90 Å². The molecular formula is C19H26ClN3O4. The van der Waals surface area contributed by atoms with Gasteiger partial charge in [-0.25, -0.2) is 0 Å². The first-order valence-electron chi connectivity index (χ1n) is 9.34. The van der Waals surface area contributed by atoms with Crippen molar-refractivity contribution in [2.75, 3.05) is 44.8 Å². The van der Waals surface area contributed by atoms with Crippen LogP contribution in [0.4, 0.5) is 5.69 Å². The highest BCUT2D eigenvalue weighted by Gasteiger charge is 2.40. The van der Waals surface area contributed by atoms with Gasteiger partial charge in [-0.05, 0) is 38.4 Å². The quantitative estimate of drug-likeness (QED) is 0.784. The lowest BCUT2D eigenvalue weighted by atomic mass is 10.0. The number of hydrogen-bond acceptors (Lipinski definition) is 5. The van der Waals surface area contributed by atoms with Crippen LogP contribution in [0.3, 0.4) is 0 Å². The molecule has 8 heteroatoms. The average molecular weight is 396 g/mol. The third-order valence-corrected chi connectivity index (χ3v) is 5.56. The Morgan fingerprint density at radius 2 is 1.78 bits per heavy atom. The summed E-state index contributed by atoms with van der Waals surface area (Å²) in [5.41, 5.74) is 0.767. The van der Waals surface area contributed by atoms with E-state index in [0.717, 1.165) is 31.6 Å². The highest BCUT2D eigenvalue weighted by Crippen LogP contribution is 2.36. The van der Waals surface area contributed by atoms with E-state index in [-0.39, 0.29) is 24.2 Å². The Labute approximate surface area is 165 Å². The summed E-state index contributed by atoms with van der Waals surface area (Å²) in [5, 5.41) is 3.26. The van der Waals surface area contributed by atoms with Gasteiger partial charge in [0.1, 0.15) is 19.1 Å². The molecule has 1 aromatic carbocycles. The Balaban J connectivity index is 0.00000210. The summed E-state index contributed by atoms with van der Waals surface area (Å²) in [6, 6.07) is 5.98. The first-order valence-corrected chi connectivity index (χ1v) is 9.34. The van der Waals surface area contributed by atoms with Gasteiger partial charge < -0.3 is 24.6 Å². The van der Waals surface area contributed by atoms with Crippen molar-refractivity contribution in [1.82, 2.24) is 10.2 Å². The zero-order valence-corrected chi connectivity index (χ0v) is 16.3. The maximum Gasteiger partial charge on any atom is 0.239 e. The molecule has 0 aliphatic carbocycles. The summed E-state index contributed by atoms with van der Waals surface area (Å²) in [6.45, 7) is 3.04. The maximum atomic E-state index is 12.9. The molecule has 2 saturated heterocycles. The van der Waals surface area contributed by atoms with Crippen LogP contribution in [0.1, 0.15) is 19.3 Å². The lowest BCUT2D eigenvalue weighted by Crippen LogP contribution is -2.47. The van der Waals surface area contributed by atoms with Crippen LogP contribution >= 0.6 is 12.4 Å². The normalized spacial score (nSPS) is 22.6. The van der Waals surface area contributed by atoms with E-state index in [1.807, 2.05) is 30.1 Å². The van der Waals surface area contributed by atoms with E-state index in [9.17, 15) is 9.59 Å². The minimum atomic E-state index is -0.561. The number of fused-ring (bicyclic) bond motifs is 1. The summed E-state index contributed by atoms with van der Waals surface area (Å²) in [5.74, 6) is 0.665. The van der Waals surface area contributed by atoms with Crippen LogP contribution in [0.25, 0.3) is 0 Å². The zero-order chi connectivity index (χ0) is 18.1. The van der Waals surface area contributed by atoms with Crippen molar-refractivity contribution in [2.45, 2.75) is 25.3 Å². The largest absolute Gasteiger partial charge is 0.486 e. The van der Waals surface area contributed by atoms with Crippen LogP contribution in [0, 0.1) is 5.92 Å². The van der Waals surface area contributed by atoms with Crippen molar-refractivity contribution in [3.05, 3.63) is 18.2 Å². The smallest absolute Gasteiger partial charge is 0.239 e. The Kier molecular flexibility index (Phi) is 6.11. The van der Waals surface area contributed by atoms with Gasteiger partial charge in [0.2, 0.25) is 11.8 Å². The second kappa shape index (κ2) is 8.35. The van der Waals surface area contributed by atoms with Gasteiger partial charge in [-0.15, -0.1) is 12.4 Å². The number of piperidine rings is 1. The summed E-state index contributed by atoms with van der Waals surface area (Å²) >= 11 is 0. The van der Waals surface area contributed by atoms with E-state index in [0.29, 0.717) is 43.7 Å². The number of likely N-dealkylation sites (tertiary alicyclic amines) is 1. The molecule has 0 radical (unpaired) electrons. The van der Waals surface area contributed by atoms with Gasteiger partial charge in [0.25, 0.3) is 0 Å². The Bertz CT molecular complexity index is 706. The Hall–Kier alpha value is -1.99. The lowest BCUT2D eigenvalue weighted by molar-refractivity contribution is -0.140. The number of hydrogen-bond donors (Lipinski definition) is 1. The number of carbonyl (C=O) groups is 2. The molecule has 1 unspecified atom stereocenters. The average Bonchev–Trinajstić information content (AvgIpc) is 3.08. The van der Waals surface area contributed by atoms with Crippen molar-refractivity contribution in [1.29, 1.82) is 0 Å². The molecular weight excluding hydrogens is 370 g/mol. The van der Waals surface area contributed by atoms with Gasteiger partial charge in [0.05, 0.1) is 0 Å². The highest BCUT2D eigenvalue weighted by molar-refractivity contribution is 6.09. The first kappa shape index (κ1) is 19.8. The fourth-order valence-corrected chi connectivity index (χ4v) is 3.97. The molecule has 7 nitrogen and oxygen atoms in total.